The molecule has 3 rings (SSSR count). The van der Waals surface area contributed by atoms with Crippen LogP contribution in [0.2, 0.25) is 0 Å². The summed E-state index contributed by atoms with van der Waals surface area (Å²) in [4.78, 5) is 9.22. The van der Waals surface area contributed by atoms with Crippen LogP contribution in [0.15, 0.2) is 60.9 Å². The van der Waals surface area contributed by atoms with Gasteiger partial charge < -0.3 is 9.47 Å². The molecule has 0 aliphatic rings. The smallest absolute Gasteiger partial charge is 0.159 e. The van der Waals surface area contributed by atoms with Crippen LogP contribution in [0.3, 0.4) is 0 Å². The van der Waals surface area contributed by atoms with Crippen molar-refractivity contribution in [2.75, 3.05) is 13.2 Å². The van der Waals surface area contributed by atoms with E-state index in [1.807, 2.05) is 48.8 Å². The summed E-state index contributed by atoms with van der Waals surface area (Å²) in [5.74, 6) is 3.33. The Morgan fingerprint density at radius 1 is 0.553 bits per heavy atom. The summed E-state index contributed by atoms with van der Waals surface area (Å²) in [5.41, 5.74) is 3.08. The average Bonchev–Trinajstić information content (AvgIpc) is 2.95. The van der Waals surface area contributed by atoms with Crippen LogP contribution >= 0.6 is 0 Å². The van der Waals surface area contributed by atoms with Gasteiger partial charge in [-0.2, -0.15) is 0 Å². The molecule has 0 amide bonds. The first-order chi connectivity index (χ1) is 18.7. The van der Waals surface area contributed by atoms with Crippen LogP contribution in [0.1, 0.15) is 97.8 Å². The minimum absolute atomic E-state index is 0.723. The summed E-state index contributed by atoms with van der Waals surface area (Å²) < 4.78 is 11.9. The third-order valence-electron chi connectivity index (χ3n) is 7.11. The van der Waals surface area contributed by atoms with E-state index in [1.54, 1.807) is 0 Å². The Hall–Kier alpha value is -2.88. The first-order valence-corrected chi connectivity index (χ1v) is 15.0. The Labute approximate surface area is 231 Å². The Bertz CT molecular complexity index is 1000. The van der Waals surface area contributed by atoms with Gasteiger partial charge in [-0.25, -0.2) is 9.97 Å². The molecule has 0 N–H and O–H groups in total. The number of rotatable bonds is 19. The highest BCUT2D eigenvalue weighted by molar-refractivity contribution is 5.64. The van der Waals surface area contributed by atoms with Gasteiger partial charge in [0.15, 0.2) is 5.82 Å². The van der Waals surface area contributed by atoms with E-state index in [0.29, 0.717) is 0 Å². The van der Waals surface area contributed by atoms with Gasteiger partial charge in [-0.3, -0.25) is 0 Å². The largest absolute Gasteiger partial charge is 0.494 e. The highest BCUT2D eigenvalue weighted by Gasteiger charge is 2.06. The van der Waals surface area contributed by atoms with Gasteiger partial charge >= 0.3 is 0 Å². The van der Waals surface area contributed by atoms with Crippen molar-refractivity contribution in [2.24, 2.45) is 5.92 Å². The van der Waals surface area contributed by atoms with E-state index in [2.05, 4.69) is 42.9 Å². The van der Waals surface area contributed by atoms with Crippen molar-refractivity contribution in [2.45, 2.75) is 97.8 Å². The summed E-state index contributed by atoms with van der Waals surface area (Å²) in [6, 6.07) is 16.3. The van der Waals surface area contributed by atoms with Crippen molar-refractivity contribution in [3.63, 3.8) is 0 Å². The van der Waals surface area contributed by atoms with Crippen LogP contribution in [0.5, 0.6) is 11.5 Å². The maximum atomic E-state index is 5.93. The summed E-state index contributed by atoms with van der Waals surface area (Å²) >= 11 is 0. The lowest BCUT2D eigenvalue weighted by Gasteiger charge is -2.11. The molecular formula is C34H48N2O2. The molecule has 4 heteroatoms. The van der Waals surface area contributed by atoms with Gasteiger partial charge in [-0.05, 0) is 67.1 Å². The average molecular weight is 517 g/mol. The van der Waals surface area contributed by atoms with E-state index in [9.17, 15) is 0 Å². The molecule has 0 aliphatic heterocycles. The quantitative estimate of drug-likeness (QED) is 0.149. The molecule has 0 saturated heterocycles. The Kier molecular flexibility index (Phi) is 13.7. The Morgan fingerprint density at radius 3 is 1.66 bits per heavy atom. The number of aromatic nitrogens is 2. The summed E-state index contributed by atoms with van der Waals surface area (Å²) in [6.45, 7) is 8.39. The van der Waals surface area contributed by atoms with E-state index in [-0.39, 0.29) is 0 Å². The molecule has 4 nitrogen and oxygen atoms in total. The first-order valence-electron chi connectivity index (χ1n) is 15.0. The molecule has 38 heavy (non-hydrogen) atoms. The van der Waals surface area contributed by atoms with Crippen LogP contribution in [-0.4, -0.2) is 23.2 Å². The molecule has 1 heterocycles. The molecule has 0 aliphatic carbocycles. The molecule has 3 aromatic rings. The number of unbranched alkanes of at least 4 members (excludes halogenated alkanes) is 7. The fourth-order valence-corrected chi connectivity index (χ4v) is 4.75. The van der Waals surface area contributed by atoms with Gasteiger partial charge in [0.25, 0.3) is 0 Å². The topological polar surface area (TPSA) is 44.2 Å². The van der Waals surface area contributed by atoms with E-state index in [4.69, 9.17) is 9.47 Å². The molecule has 0 bridgehead atoms. The van der Waals surface area contributed by atoms with Gasteiger partial charge in [0.1, 0.15) is 11.5 Å². The molecule has 206 valence electrons. The molecule has 0 spiro atoms. The minimum atomic E-state index is 0.723. The minimum Gasteiger partial charge on any atom is -0.494 e. The summed E-state index contributed by atoms with van der Waals surface area (Å²) in [7, 11) is 0. The molecule has 1 aromatic heterocycles. The first kappa shape index (κ1) is 29.7. The van der Waals surface area contributed by atoms with Crippen LogP contribution < -0.4 is 9.47 Å². The second-order valence-corrected chi connectivity index (χ2v) is 10.6. The molecule has 2 aromatic carbocycles. The van der Waals surface area contributed by atoms with E-state index in [0.717, 1.165) is 66.0 Å². The number of benzene rings is 2. The van der Waals surface area contributed by atoms with Gasteiger partial charge in [-0.15, -0.1) is 0 Å². The van der Waals surface area contributed by atoms with E-state index >= 15 is 0 Å². The number of hydrogen-bond donors (Lipinski definition) is 0. The zero-order valence-electron chi connectivity index (χ0n) is 24.0. The maximum absolute atomic E-state index is 5.93. The van der Waals surface area contributed by atoms with Gasteiger partial charge in [0.2, 0.25) is 0 Å². The lowest BCUT2D eigenvalue weighted by molar-refractivity contribution is 0.292. The fourth-order valence-electron chi connectivity index (χ4n) is 4.75. The third kappa shape index (κ3) is 10.8. The molecule has 0 saturated carbocycles. The molecule has 1 atom stereocenters. The SMILES string of the molecule is CCCCCCCCCCOc1ccc(-c2ncc(-c3ccc(OCCC[C@@H](C)CCC)cc3)cn2)cc1. The predicted molar refractivity (Wildman–Crippen MR) is 160 cm³/mol. The van der Waals surface area contributed by atoms with Crippen molar-refractivity contribution < 1.29 is 9.47 Å². The zero-order valence-corrected chi connectivity index (χ0v) is 24.0. The van der Waals surface area contributed by atoms with Gasteiger partial charge in [-0.1, -0.05) is 90.7 Å². The standard InChI is InChI=1S/C34H48N2O2/c1-4-6-7-8-9-10-11-12-24-37-33-22-18-30(19-23-33)34-35-26-31(27-36-34)29-16-20-32(21-17-29)38-25-13-15-28(3)14-5-2/h16-23,26-28H,4-15,24-25H2,1-3H3/t28-/m0/s1. The van der Waals surface area contributed by atoms with Crippen molar-refractivity contribution in [1.29, 1.82) is 0 Å². The highest BCUT2D eigenvalue weighted by Crippen LogP contribution is 2.24. The lowest BCUT2D eigenvalue weighted by Crippen LogP contribution is -2.01. The summed E-state index contributed by atoms with van der Waals surface area (Å²) in [5, 5.41) is 0. The van der Waals surface area contributed by atoms with Crippen molar-refractivity contribution in [3.8, 4) is 34.0 Å². The molecule has 0 unspecified atom stereocenters. The van der Waals surface area contributed by atoms with Crippen LogP contribution in [0, 0.1) is 5.92 Å². The second-order valence-electron chi connectivity index (χ2n) is 10.6. The van der Waals surface area contributed by atoms with Crippen LogP contribution in [0.4, 0.5) is 0 Å². The van der Waals surface area contributed by atoms with Gasteiger partial charge in [0.05, 0.1) is 13.2 Å². The molecule has 0 fully saturated rings. The lowest BCUT2D eigenvalue weighted by atomic mass is 10.0. The predicted octanol–water partition coefficient (Wildman–Crippen LogP) is 9.93. The Morgan fingerprint density at radius 2 is 1.08 bits per heavy atom. The third-order valence-corrected chi connectivity index (χ3v) is 7.11. The van der Waals surface area contributed by atoms with Crippen molar-refractivity contribution in [3.05, 3.63) is 60.9 Å². The number of hydrogen-bond acceptors (Lipinski definition) is 4. The van der Waals surface area contributed by atoms with E-state index in [1.165, 1.54) is 64.2 Å². The zero-order chi connectivity index (χ0) is 26.8. The molecular weight excluding hydrogens is 468 g/mol. The van der Waals surface area contributed by atoms with E-state index < -0.39 is 0 Å². The van der Waals surface area contributed by atoms with Crippen LogP contribution in [-0.2, 0) is 0 Å². The highest BCUT2D eigenvalue weighted by atomic mass is 16.5. The number of nitrogens with zero attached hydrogens (tertiary/aromatic N) is 2. The van der Waals surface area contributed by atoms with Crippen molar-refractivity contribution in [1.82, 2.24) is 9.97 Å². The summed E-state index contributed by atoms with van der Waals surface area (Å²) in [6.07, 6.45) is 19.1. The second kappa shape index (κ2) is 17.6. The van der Waals surface area contributed by atoms with Crippen LogP contribution in [0.25, 0.3) is 22.5 Å². The number of ether oxygens (including phenoxy) is 2. The Balaban J connectivity index is 1.39. The fraction of sp³-hybridized carbons (Fsp3) is 0.529. The normalized spacial score (nSPS) is 11.9. The maximum Gasteiger partial charge on any atom is 0.159 e. The monoisotopic (exact) mass is 516 g/mol. The van der Waals surface area contributed by atoms with Crippen molar-refractivity contribution >= 4 is 0 Å². The molecule has 0 radical (unpaired) electrons. The van der Waals surface area contributed by atoms with Gasteiger partial charge in [0, 0.05) is 23.5 Å².